The molecule has 192 valence electrons. The third-order valence-electron chi connectivity index (χ3n) is 8.29. The van der Waals surface area contributed by atoms with E-state index in [0.29, 0.717) is 32.3 Å². The van der Waals surface area contributed by atoms with Crippen LogP contribution in [0.15, 0.2) is 57.7 Å². The van der Waals surface area contributed by atoms with Crippen LogP contribution in [0.5, 0.6) is 0 Å². The van der Waals surface area contributed by atoms with E-state index in [4.69, 9.17) is 9.47 Å². The van der Waals surface area contributed by atoms with Crippen LogP contribution >= 0.6 is 0 Å². The number of fused-ring (bicyclic) bond motifs is 2. The summed E-state index contributed by atoms with van der Waals surface area (Å²) in [6.07, 6.45) is 9.98. The first-order valence-electron chi connectivity index (χ1n) is 13.2. The van der Waals surface area contributed by atoms with Crippen molar-refractivity contribution >= 4 is 10.9 Å². The predicted octanol–water partition coefficient (Wildman–Crippen LogP) is 4.92. The van der Waals surface area contributed by atoms with E-state index in [2.05, 4.69) is 47.8 Å². The molecule has 0 radical (unpaired) electrons. The van der Waals surface area contributed by atoms with Gasteiger partial charge in [0, 0.05) is 30.6 Å². The van der Waals surface area contributed by atoms with Crippen molar-refractivity contribution < 1.29 is 9.47 Å². The van der Waals surface area contributed by atoms with Gasteiger partial charge in [0.1, 0.15) is 18.5 Å². The Hall–Kier alpha value is -2.77. The fourth-order valence-electron chi connectivity index (χ4n) is 6.03. The number of benzene rings is 1. The van der Waals surface area contributed by atoms with E-state index in [1.165, 1.54) is 5.57 Å². The van der Waals surface area contributed by atoms with Crippen LogP contribution in [0.2, 0.25) is 0 Å². The summed E-state index contributed by atoms with van der Waals surface area (Å²) < 4.78 is 13.4. The molecule has 3 aliphatic rings. The van der Waals surface area contributed by atoms with Gasteiger partial charge in [-0.3, -0.25) is 4.79 Å². The van der Waals surface area contributed by atoms with Crippen LogP contribution in [-0.4, -0.2) is 43.0 Å². The summed E-state index contributed by atoms with van der Waals surface area (Å²) in [6, 6.07) is 8.42. The minimum atomic E-state index is -0.146. The van der Waals surface area contributed by atoms with Gasteiger partial charge < -0.3 is 19.4 Å². The molecule has 0 spiro atoms. The molecule has 0 amide bonds. The summed E-state index contributed by atoms with van der Waals surface area (Å²) in [5.41, 5.74) is 4.25. The van der Waals surface area contributed by atoms with E-state index >= 15 is 0 Å². The maximum absolute atomic E-state index is 12.9. The SMILES string of the molecule is Cc1ccc2c(C)cc(=O)n(CCC3(CN=O)CCC(NCC4=CCC5OCCOC5=C4)CC3)c2c1. The first-order chi connectivity index (χ1) is 17.5. The molecule has 1 aromatic heterocycles. The van der Waals surface area contributed by atoms with Crippen LogP contribution in [0.4, 0.5) is 0 Å². The maximum atomic E-state index is 12.9. The van der Waals surface area contributed by atoms with Crippen molar-refractivity contribution in [2.24, 2.45) is 10.6 Å². The highest BCUT2D eigenvalue weighted by Crippen LogP contribution is 2.40. The first kappa shape index (κ1) is 24.9. The topological polar surface area (TPSA) is 81.9 Å². The molecular formula is C29H37N3O4. The van der Waals surface area contributed by atoms with E-state index in [-0.39, 0.29) is 17.1 Å². The molecule has 2 aliphatic carbocycles. The quantitative estimate of drug-likeness (QED) is 0.530. The molecule has 7 heteroatoms. The lowest BCUT2D eigenvalue weighted by molar-refractivity contribution is -0.0417. The van der Waals surface area contributed by atoms with Gasteiger partial charge in [-0.15, -0.1) is 0 Å². The van der Waals surface area contributed by atoms with Crippen LogP contribution < -0.4 is 10.9 Å². The highest BCUT2D eigenvalue weighted by Gasteiger charge is 2.36. The second-order valence-corrected chi connectivity index (χ2v) is 10.8. The number of hydrogen-bond acceptors (Lipinski definition) is 6. The average Bonchev–Trinajstić information content (AvgIpc) is 2.88. The summed E-state index contributed by atoms with van der Waals surface area (Å²) in [4.78, 5) is 24.3. The van der Waals surface area contributed by atoms with Gasteiger partial charge in [-0.25, -0.2) is 0 Å². The van der Waals surface area contributed by atoms with Gasteiger partial charge in [0.25, 0.3) is 5.56 Å². The smallest absolute Gasteiger partial charge is 0.251 e. The summed E-state index contributed by atoms with van der Waals surface area (Å²) >= 11 is 0. The van der Waals surface area contributed by atoms with Crippen molar-refractivity contribution in [2.75, 3.05) is 26.3 Å². The van der Waals surface area contributed by atoms with Crippen molar-refractivity contribution in [1.82, 2.24) is 9.88 Å². The standard InChI is InChI=1S/C29H37N3O4/c1-20-3-5-24-21(2)16-28(33)32(25(24)15-20)12-11-29(19-31-34)9-7-23(8-10-29)30-18-22-4-6-26-27(17-22)36-14-13-35-26/h3-5,15-17,23,26,30H,6-14,18-19H2,1-2H3. The molecule has 2 heterocycles. The minimum absolute atomic E-state index is 0.0274. The Kier molecular flexibility index (Phi) is 7.39. The Morgan fingerprint density at radius 2 is 2.00 bits per heavy atom. The zero-order chi connectivity index (χ0) is 25.1. The zero-order valence-electron chi connectivity index (χ0n) is 21.4. The van der Waals surface area contributed by atoms with Gasteiger partial charge in [-0.05, 0) is 86.6 Å². The summed E-state index contributed by atoms with van der Waals surface area (Å²) in [7, 11) is 0. The summed E-state index contributed by atoms with van der Waals surface area (Å²) in [6.45, 7) is 7.07. The molecule has 1 unspecified atom stereocenters. The molecule has 7 nitrogen and oxygen atoms in total. The zero-order valence-corrected chi connectivity index (χ0v) is 21.4. The van der Waals surface area contributed by atoms with Crippen LogP contribution in [0.3, 0.4) is 0 Å². The number of nitroso groups, excluding NO2 is 1. The van der Waals surface area contributed by atoms with Gasteiger partial charge in [0.05, 0.1) is 18.7 Å². The molecule has 5 rings (SSSR count). The Morgan fingerprint density at radius 1 is 1.17 bits per heavy atom. The van der Waals surface area contributed by atoms with E-state index in [0.717, 1.165) is 72.9 Å². The monoisotopic (exact) mass is 491 g/mol. The van der Waals surface area contributed by atoms with E-state index in [1.807, 2.05) is 11.5 Å². The van der Waals surface area contributed by atoms with Crippen molar-refractivity contribution in [1.29, 1.82) is 0 Å². The third kappa shape index (κ3) is 5.32. The van der Waals surface area contributed by atoms with Crippen LogP contribution in [-0.2, 0) is 16.0 Å². The fraction of sp³-hybridized carbons (Fsp3) is 0.552. The Bertz CT molecular complexity index is 1240. The number of ether oxygens (including phenoxy) is 2. The molecule has 0 bridgehead atoms. The second kappa shape index (κ2) is 10.7. The number of nitrogens with one attached hydrogen (secondary N) is 1. The Labute approximate surface area is 212 Å². The van der Waals surface area contributed by atoms with E-state index in [1.54, 1.807) is 6.07 Å². The van der Waals surface area contributed by atoms with Gasteiger partial charge in [-0.2, -0.15) is 4.91 Å². The minimum Gasteiger partial charge on any atom is -0.493 e. The van der Waals surface area contributed by atoms with Crippen molar-refractivity contribution in [3.05, 3.63) is 74.1 Å². The average molecular weight is 492 g/mol. The summed E-state index contributed by atoms with van der Waals surface area (Å²) in [5.74, 6) is 0.953. The number of nitrogens with zero attached hydrogens (tertiary/aromatic N) is 2. The van der Waals surface area contributed by atoms with E-state index < -0.39 is 0 Å². The second-order valence-electron chi connectivity index (χ2n) is 10.8. The number of aryl methyl sites for hydroxylation is 3. The molecule has 1 saturated carbocycles. The number of hydrogen-bond donors (Lipinski definition) is 1. The molecule has 1 atom stereocenters. The number of pyridine rings is 1. The molecule has 1 saturated heterocycles. The van der Waals surface area contributed by atoms with Crippen molar-refractivity contribution in [2.45, 2.75) is 71.1 Å². The van der Waals surface area contributed by atoms with E-state index in [9.17, 15) is 9.70 Å². The van der Waals surface area contributed by atoms with Gasteiger partial charge in [0.15, 0.2) is 0 Å². The normalized spacial score (nSPS) is 26.1. The maximum Gasteiger partial charge on any atom is 0.251 e. The van der Waals surface area contributed by atoms with Gasteiger partial charge in [-0.1, -0.05) is 23.4 Å². The first-order valence-corrected chi connectivity index (χ1v) is 13.2. The predicted molar refractivity (Wildman–Crippen MR) is 142 cm³/mol. The lowest BCUT2D eigenvalue weighted by Gasteiger charge is -2.39. The Balaban J connectivity index is 1.21. The largest absolute Gasteiger partial charge is 0.493 e. The highest BCUT2D eigenvalue weighted by molar-refractivity contribution is 5.83. The van der Waals surface area contributed by atoms with Crippen molar-refractivity contribution in [3.63, 3.8) is 0 Å². The van der Waals surface area contributed by atoms with Crippen molar-refractivity contribution in [3.8, 4) is 0 Å². The van der Waals surface area contributed by atoms with Gasteiger partial charge in [0.2, 0.25) is 0 Å². The lowest BCUT2D eigenvalue weighted by atomic mass is 9.70. The molecule has 2 aromatic rings. The molecule has 1 N–H and O–H groups in total. The van der Waals surface area contributed by atoms with Crippen LogP contribution in [0, 0.1) is 24.2 Å². The molecule has 1 aromatic carbocycles. The molecule has 36 heavy (non-hydrogen) atoms. The molecule has 2 fully saturated rings. The lowest BCUT2D eigenvalue weighted by Crippen LogP contribution is -2.40. The highest BCUT2D eigenvalue weighted by atomic mass is 16.6. The number of rotatable bonds is 8. The number of aromatic nitrogens is 1. The molecule has 1 aliphatic heterocycles. The molecular weight excluding hydrogens is 454 g/mol. The van der Waals surface area contributed by atoms with Crippen LogP contribution in [0.1, 0.15) is 49.7 Å². The summed E-state index contributed by atoms with van der Waals surface area (Å²) in [5, 5.41) is 8.16. The van der Waals surface area contributed by atoms with Gasteiger partial charge >= 0.3 is 0 Å². The fourth-order valence-corrected chi connectivity index (χ4v) is 6.03. The van der Waals surface area contributed by atoms with Crippen LogP contribution in [0.25, 0.3) is 10.9 Å². The third-order valence-corrected chi connectivity index (χ3v) is 8.29. The Morgan fingerprint density at radius 3 is 2.81 bits per heavy atom.